The number of halogens is 1. The minimum Gasteiger partial charge on any atom is -0.368 e. The zero-order valence-electron chi connectivity index (χ0n) is 9.56. The average Bonchev–Trinajstić information content (AvgIpc) is 2.67. The monoisotopic (exact) mass is 335 g/mol. The SMILES string of the molecule is NNc1ncc(Br)c(NCC2CCCS2(=O)=O)n1. The molecule has 0 amide bonds. The molecule has 1 saturated heterocycles. The lowest BCUT2D eigenvalue weighted by molar-refractivity contribution is 0.591. The van der Waals surface area contributed by atoms with Gasteiger partial charge in [-0.1, -0.05) is 0 Å². The first-order valence-electron chi connectivity index (χ1n) is 5.47. The Morgan fingerprint density at radius 2 is 2.33 bits per heavy atom. The molecular weight excluding hydrogens is 322 g/mol. The van der Waals surface area contributed by atoms with Crippen molar-refractivity contribution in [3.63, 3.8) is 0 Å². The summed E-state index contributed by atoms with van der Waals surface area (Å²) in [5.74, 6) is 6.29. The third-order valence-electron chi connectivity index (χ3n) is 2.83. The molecule has 9 heteroatoms. The molecule has 4 N–H and O–H groups in total. The fraction of sp³-hybridized carbons (Fsp3) is 0.556. The highest BCUT2D eigenvalue weighted by Crippen LogP contribution is 2.23. The van der Waals surface area contributed by atoms with Crippen molar-refractivity contribution in [3.8, 4) is 0 Å². The quantitative estimate of drug-likeness (QED) is 0.543. The van der Waals surface area contributed by atoms with Gasteiger partial charge in [0.2, 0.25) is 5.95 Å². The molecule has 2 rings (SSSR count). The maximum absolute atomic E-state index is 11.7. The third kappa shape index (κ3) is 2.90. The largest absolute Gasteiger partial charge is 0.368 e. The molecule has 0 aromatic carbocycles. The van der Waals surface area contributed by atoms with Crippen LogP contribution in [0.4, 0.5) is 11.8 Å². The third-order valence-corrected chi connectivity index (χ3v) is 5.69. The highest BCUT2D eigenvalue weighted by Gasteiger charge is 2.31. The van der Waals surface area contributed by atoms with Gasteiger partial charge < -0.3 is 5.32 Å². The zero-order chi connectivity index (χ0) is 13.2. The molecule has 1 aliphatic heterocycles. The van der Waals surface area contributed by atoms with Crippen molar-refractivity contribution in [2.24, 2.45) is 5.84 Å². The van der Waals surface area contributed by atoms with Gasteiger partial charge in [-0.2, -0.15) is 4.98 Å². The first-order valence-corrected chi connectivity index (χ1v) is 7.98. The Morgan fingerprint density at radius 3 is 2.94 bits per heavy atom. The molecule has 1 aromatic rings. The van der Waals surface area contributed by atoms with E-state index < -0.39 is 9.84 Å². The molecule has 1 fully saturated rings. The van der Waals surface area contributed by atoms with Crippen molar-refractivity contribution in [1.29, 1.82) is 0 Å². The molecular formula is C9H14BrN5O2S. The number of sulfone groups is 1. The van der Waals surface area contributed by atoms with E-state index in [2.05, 4.69) is 36.6 Å². The number of nitrogens with one attached hydrogen (secondary N) is 2. The summed E-state index contributed by atoms with van der Waals surface area (Å²) in [5, 5.41) is 2.67. The molecule has 0 saturated carbocycles. The second-order valence-electron chi connectivity index (χ2n) is 4.05. The van der Waals surface area contributed by atoms with Crippen molar-refractivity contribution >= 4 is 37.5 Å². The second-order valence-corrected chi connectivity index (χ2v) is 7.30. The highest BCUT2D eigenvalue weighted by molar-refractivity contribution is 9.10. The molecule has 1 aliphatic rings. The van der Waals surface area contributed by atoms with Crippen molar-refractivity contribution in [3.05, 3.63) is 10.7 Å². The molecule has 0 spiro atoms. The summed E-state index contributed by atoms with van der Waals surface area (Å²) >= 11 is 3.29. The number of nitrogens with two attached hydrogens (primary N) is 1. The zero-order valence-corrected chi connectivity index (χ0v) is 12.0. The van der Waals surface area contributed by atoms with Crippen LogP contribution in [0.3, 0.4) is 0 Å². The maximum Gasteiger partial charge on any atom is 0.239 e. The average molecular weight is 336 g/mol. The van der Waals surface area contributed by atoms with Crippen molar-refractivity contribution < 1.29 is 8.42 Å². The first-order chi connectivity index (χ1) is 8.53. The number of hydrogen-bond donors (Lipinski definition) is 3. The van der Waals surface area contributed by atoms with Crippen LogP contribution in [0.5, 0.6) is 0 Å². The van der Waals surface area contributed by atoms with Gasteiger partial charge >= 0.3 is 0 Å². The van der Waals surface area contributed by atoms with E-state index in [1.807, 2.05) is 0 Å². The van der Waals surface area contributed by atoms with Gasteiger partial charge in [0.25, 0.3) is 0 Å². The molecule has 18 heavy (non-hydrogen) atoms. The van der Waals surface area contributed by atoms with Gasteiger partial charge in [0.05, 0.1) is 15.5 Å². The van der Waals surface area contributed by atoms with Crippen LogP contribution in [0.2, 0.25) is 0 Å². The summed E-state index contributed by atoms with van der Waals surface area (Å²) in [5.41, 5.74) is 2.34. The number of anilines is 2. The van der Waals surface area contributed by atoms with E-state index in [-0.39, 0.29) is 17.0 Å². The molecule has 0 radical (unpaired) electrons. The summed E-state index contributed by atoms with van der Waals surface area (Å²) in [6.45, 7) is 0.349. The normalized spacial score (nSPS) is 21.8. The van der Waals surface area contributed by atoms with E-state index in [0.29, 0.717) is 23.3 Å². The lowest BCUT2D eigenvalue weighted by atomic mass is 10.2. The number of aromatic nitrogens is 2. The molecule has 1 aromatic heterocycles. The molecule has 100 valence electrons. The van der Waals surface area contributed by atoms with E-state index in [1.54, 1.807) is 6.20 Å². The van der Waals surface area contributed by atoms with Gasteiger partial charge in [-0.15, -0.1) is 0 Å². The van der Waals surface area contributed by atoms with Gasteiger partial charge in [-0.3, -0.25) is 5.43 Å². The van der Waals surface area contributed by atoms with Crippen molar-refractivity contribution in [1.82, 2.24) is 9.97 Å². The van der Waals surface area contributed by atoms with Crippen LogP contribution >= 0.6 is 15.9 Å². The summed E-state index contributed by atoms with van der Waals surface area (Å²) in [7, 11) is -2.95. The highest BCUT2D eigenvalue weighted by atomic mass is 79.9. The number of nitrogens with zero attached hydrogens (tertiary/aromatic N) is 2. The first kappa shape index (κ1) is 13.5. The number of hydrogen-bond acceptors (Lipinski definition) is 7. The predicted octanol–water partition coefficient (Wildman–Crippen LogP) is 0.514. The summed E-state index contributed by atoms with van der Waals surface area (Å²) < 4.78 is 24.0. The Hall–Kier alpha value is -0.930. The second kappa shape index (κ2) is 5.37. The molecule has 7 nitrogen and oxygen atoms in total. The summed E-state index contributed by atoms with van der Waals surface area (Å²) in [4.78, 5) is 8.01. The standard InChI is InChI=1S/C9H14BrN5O2S/c10-7-5-13-9(15-11)14-8(7)12-4-6-2-1-3-18(6,16)17/h5-6H,1-4,11H2,(H2,12,13,14,15). The van der Waals surface area contributed by atoms with Crippen LogP contribution in [0.25, 0.3) is 0 Å². The predicted molar refractivity (Wildman–Crippen MR) is 72.8 cm³/mol. The van der Waals surface area contributed by atoms with E-state index in [9.17, 15) is 8.42 Å². The van der Waals surface area contributed by atoms with Crippen molar-refractivity contribution in [2.45, 2.75) is 18.1 Å². The van der Waals surface area contributed by atoms with E-state index in [0.717, 1.165) is 6.42 Å². The number of rotatable bonds is 4. The molecule has 1 unspecified atom stereocenters. The molecule has 1 atom stereocenters. The van der Waals surface area contributed by atoms with Crippen molar-refractivity contribution in [2.75, 3.05) is 23.0 Å². The van der Waals surface area contributed by atoms with Crippen LogP contribution in [-0.4, -0.2) is 35.9 Å². The Morgan fingerprint density at radius 1 is 1.56 bits per heavy atom. The van der Waals surface area contributed by atoms with Gasteiger partial charge in [-0.05, 0) is 28.8 Å². The van der Waals surface area contributed by atoms with Gasteiger partial charge in [-0.25, -0.2) is 19.2 Å². The molecule has 0 aliphatic carbocycles. The number of hydrazine groups is 1. The fourth-order valence-electron chi connectivity index (χ4n) is 1.86. The van der Waals surface area contributed by atoms with Gasteiger partial charge in [0, 0.05) is 12.7 Å². The van der Waals surface area contributed by atoms with Crippen LogP contribution in [0.15, 0.2) is 10.7 Å². The van der Waals surface area contributed by atoms with Gasteiger partial charge in [0.1, 0.15) is 5.82 Å². The van der Waals surface area contributed by atoms with E-state index in [1.165, 1.54) is 0 Å². The van der Waals surface area contributed by atoms with Crippen LogP contribution in [0.1, 0.15) is 12.8 Å². The lowest BCUT2D eigenvalue weighted by Gasteiger charge is -2.12. The topological polar surface area (TPSA) is 110 Å². The maximum atomic E-state index is 11.7. The Balaban J connectivity index is 2.06. The molecule has 2 heterocycles. The van der Waals surface area contributed by atoms with Crippen LogP contribution in [0, 0.1) is 0 Å². The van der Waals surface area contributed by atoms with Crippen LogP contribution < -0.4 is 16.6 Å². The Kier molecular flexibility index (Phi) is 4.03. The fourth-order valence-corrected chi connectivity index (χ4v) is 3.96. The smallest absolute Gasteiger partial charge is 0.239 e. The lowest BCUT2D eigenvalue weighted by Crippen LogP contribution is -2.25. The molecule has 0 bridgehead atoms. The van der Waals surface area contributed by atoms with E-state index >= 15 is 0 Å². The van der Waals surface area contributed by atoms with E-state index in [4.69, 9.17) is 5.84 Å². The summed E-state index contributed by atoms with van der Waals surface area (Å²) in [6.07, 6.45) is 2.98. The minimum absolute atomic E-state index is 0.273. The minimum atomic E-state index is -2.95. The Bertz CT molecular complexity index is 536. The Labute approximate surface area is 114 Å². The summed E-state index contributed by atoms with van der Waals surface area (Å²) in [6, 6.07) is 0. The number of nitrogen functional groups attached to an aromatic ring is 1. The van der Waals surface area contributed by atoms with Crippen LogP contribution in [-0.2, 0) is 9.84 Å². The van der Waals surface area contributed by atoms with Gasteiger partial charge in [0.15, 0.2) is 9.84 Å².